The summed E-state index contributed by atoms with van der Waals surface area (Å²) in [6.45, 7) is 16.5. The van der Waals surface area contributed by atoms with E-state index in [9.17, 15) is 4.79 Å². The van der Waals surface area contributed by atoms with Crippen LogP contribution >= 0.6 is 11.3 Å². The maximum atomic E-state index is 12.9. The van der Waals surface area contributed by atoms with Crippen molar-refractivity contribution in [3.05, 3.63) is 44.9 Å². The Morgan fingerprint density at radius 1 is 1.25 bits per heavy atom. The molecule has 0 spiro atoms. The topological polar surface area (TPSA) is 54.9 Å². The number of ether oxygens (including phenoxy) is 2. The molecule has 2 aromatic rings. The second-order valence-electron chi connectivity index (χ2n) is 9.09. The summed E-state index contributed by atoms with van der Waals surface area (Å²) in [7, 11) is 0. The zero-order valence-electron chi connectivity index (χ0n) is 20.1. The molecule has 2 heterocycles. The summed E-state index contributed by atoms with van der Waals surface area (Å²) in [6.07, 6.45) is 0.565. The fourth-order valence-corrected chi connectivity index (χ4v) is 4.53. The molecule has 7 heteroatoms. The molecule has 1 saturated heterocycles. The fraction of sp³-hybridized carbons (Fsp3) is 0.600. The number of nitrogens with zero attached hydrogens (tertiary/aromatic N) is 3. The van der Waals surface area contributed by atoms with Gasteiger partial charge in [-0.25, -0.2) is 4.98 Å². The molecule has 0 saturated carbocycles. The predicted octanol–water partition coefficient (Wildman–Crippen LogP) is 4.35. The van der Waals surface area contributed by atoms with Gasteiger partial charge in [0.15, 0.2) is 0 Å². The van der Waals surface area contributed by atoms with E-state index < -0.39 is 0 Å². The lowest BCUT2D eigenvalue weighted by molar-refractivity contribution is -0.133. The van der Waals surface area contributed by atoms with E-state index >= 15 is 0 Å². The summed E-state index contributed by atoms with van der Waals surface area (Å²) in [5.74, 6) is 1.46. The molecule has 3 rings (SSSR count). The van der Waals surface area contributed by atoms with E-state index in [2.05, 4.69) is 57.0 Å². The van der Waals surface area contributed by atoms with Crippen LogP contribution in [0.15, 0.2) is 17.5 Å². The number of aryl methyl sites for hydroxylation is 2. The minimum absolute atomic E-state index is 0.199. The average molecular weight is 460 g/mol. The van der Waals surface area contributed by atoms with Crippen molar-refractivity contribution < 1.29 is 14.3 Å². The number of morpholine rings is 1. The molecule has 1 aromatic heterocycles. The maximum absolute atomic E-state index is 12.9. The van der Waals surface area contributed by atoms with Gasteiger partial charge in [0.2, 0.25) is 5.91 Å². The van der Waals surface area contributed by atoms with Gasteiger partial charge in [0, 0.05) is 38.0 Å². The molecule has 1 amide bonds. The fourth-order valence-electron chi connectivity index (χ4n) is 3.83. The van der Waals surface area contributed by atoms with Crippen LogP contribution in [0.4, 0.5) is 0 Å². The quantitative estimate of drug-likeness (QED) is 0.529. The van der Waals surface area contributed by atoms with E-state index in [0.29, 0.717) is 25.5 Å². The summed E-state index contributed by atoms with van der Waals surface area (Å²) in [4.78, 5) is 22.0. The Hall–Kier alpha value is -1.96. The first-order chi connectivity index (χ1) is 15.3. The van der Waals surface area contributed by atoms with Gasteiger partial charge in [-0.3, -0.25) is 9.69 Å². The molecule has 1 aliphatic heterocycles. The third kappa shape index (κ3) is 7.29. The number of rotatable bonds is 10. The Morgan fingerprint density at radius 3 is 2.72 bits per heavy atom. The Balaban J connectivity index is 1.60. The summed E-state index contributed by atoms with van der Waals surface area (Å²) >= 11 is 1.60. The number of carbonyl (C=O) groups excluding carboxylic acids is 1. The second-order valence-corrected chi connectivity index (χ2v) is 10.0. The van der Waals surface area contributed by atoms with Gasteiger partial charge >= 0.3 is 0 Å². The van der Waals surface area contributed by atoms with Gasteiger partial charge in [0.05, 0.1) is 25.5 Å². The van der Waals surface area contributed by atoms with Gasteiger partial charge in [0.25, 0.3) is 0 Å². The monoisotopic (exact) mass is 459 g/mol. The van der Waals surface area contributed by atoms with Crippen molar-refractivity contribution in [3.63, 3.8) is 0 Å². The predicted molar refractivity (Wildman–Crippen MR) is 129 cm³/mol. The van der Waals surface area contributed by atoms with Crippen LogP contribution in [0.25, 0.3) is 0 Å². The van der Waals surface area contributed by atoms with E-state index in [1.165, 1.54) is 16.7 Å². The van der Waals surface area contributed by atoms with Crippen molar-refractivity contribution in [1.29, 1.82) is 0 Å². The highest BCUT2D eigenvalue weighted by atomic mass is 32.1. The Bertz CT molecular complexity index is 891. The zero-order chi connectivity index (χ0) is 23.1. The molecule has 0 N–H and O–H groups in total. The van der Waals surface area contributed by atoms with E-state index in [4.69, 9.17) is 14.5 Å². The number of thiazole rings is 1. The third-order valence-electron chi connectivity index (χ3n) is 5.79. The van der Waals surface area contributed by atoms with E-state index in [1.54, 1.807) is 11.3 Å². The van der Waals surface area contributed by atoms with Gasteiger partial charge < -0.3 is 14.4 Å². The third-order valence-corrected chi connectivity index (χ3v) is 6.66. The van der Waals surface area contributed by atoms with Crippen LogP contribution in [-0.2, 0) is 22.7 Å². The van der Waals surface area contributed by atoms with E-state index in [1.807, 2.05) is 4.90 Å². The van der Waals surface area contributed by atoms with Gasteiger partial charge in [-0.1, -0.05) is 19.9 Å². The van der Waals surface area contributed by atoms with E-state index in [-0.39, 0.29) is 5.91 Å². The second kappa shape index (κ2) is 11.8. The first kappa shape index (κ1) is 24.7. The van der Waals surface area contributed by atoms with Crippen LogP contribution in [-0.4, -0.2) is 60.1 Å². The molecule has 32 heavy (non-hydrogen) atoms. The van der Waals surface area contributed by atoms with Gasteiger partial charge in [0.1, 0.15) is 17.4 Å². The van der Waals surface area contributed by atoms with Crippen LogP contribution in [0, 0.1) is 26.7 Å². The Kier molecular flexibility index (Phi) is 9.08. The molecule has 0 atom stereocenters. The number of aromatic nitrogens is 1. The molecular formula is C25H37N3O3S. The highest BCUT2D eigenvalue weighted by Crippen LogP contribution is 2.25. The number of amides is 1. The smallest absolute Gasteiger partial charge is 0.223 e. The molecule has 0 radical (unpaired) electrons. The standard InChI is InChI=1S/C25H37N3O3S/c1-18(2)12-25(29)28(7-6-27-8-10-30-11-9-27)15-22-17-32-24(26-22)16-31-23-14-19(3)13-20(4)21(23)5/h13-14,17-18H,6-12,15-16H2,1-5H3. The lowest BCUT2D eigenvalue weighted by Gasteiger charge is -2.30. The lowest BCUT2D eigenvalue weighted by atomic mass is 10.1. The summed E-state index contributed by atoms with van der Waals surface area (Å²) < 4.78 is 11.5. The number of hydrogen-bond donors (Lipinski definition) is 0. The molecule has 176 valence electrons. The summed E-state index contributed by atoms with van der Waals surface area (Å²) in [6, 6.07) is 4.25. The minimum atomic E-state index is 0.199. The Morgan fingerprint density at radius 2 is 2.00 bits per heavy atom. The van der Waals surface area contributed by atoms with Gasteiger partial charge in [-0.2, -0.15) is 0 Å². The molecule has 1 aromatic carbocycles. The zero-order valence-corrected chi connectivity index (χ0v) is 21.0. The van der Waals surface area contributed by atoms with Crippen LogP contribution < -0.4 is 4.74 Å². The highest BCUT2D eigenvalue weighted by molar-refractivity contribution is 7.09. The summed E-state index contributed by atoms with van der Waals surface area (Å²) in [5, 5.41) is 2.99. The van der Waals surface area contributed by atoms with Crippen LogP contribution in [0.5, 0.6) is 5.75 Å². The molecule has 1 fully saturated rings. The molecule has 0 bridgehead atoms. The Labute approximate surface area is 196 Å². The normalized spacial score (nSPS) is 14.7. The van der Waals surface area contributed by atoms with Gasteiger partial charge in [-0.05, 0) is 49.4 Å². The van der Waals surface area contributed by atoms with E-state index in [0.717, 1.165) is 55.8 Å². The lowest BCUT2D eigenvalue weighted by Crippen LogP contribution is -2.43. The van der Waals surface area contributed by atoms with Crippen LogP contribution in [0.1, 0.15) is 47.7 Å². The number of hydrogen-bond acceptors (Lipinski definition) is 6. The first-order valence-corrected chi connectivity index (χ1v) is 12.4. The molecule has 1 aliphatic rings. The first-order valence-electron chi connectivity index (χ1n) is 11.5. The largest absolute Gasteiger partial charge is 0.486 e. The van der Waals surface area contributed by atoms with Crippen molar-refractivity contribution in [2.45, 2.75) is 54.2 Å². The van der Waals surface area contributed by atoms with Crippen molar-refractivity contribution in [1.82, 2.24) is 14.8 Å². The molecular weight excluding hydrogens is 422 g/mol. The average Bonchev–Trinajstić information content (AvgIpc) is 3.20. The maximum Gasteiger partial charge on any atom is 0.223 e. The van der Waals surface area contributed by atoms with Crippen LogP contribution in [0.2, 0.25) is 0 Å². The highest BCUT2D eigenvalue weighted by Gasteiger charge is 2.19. The number of benzene rings is 1. The van der Waals surface area contributed by atoms with Crippen molar-refractivity contribution in [2.24, 2.45) is 5.92 Å². The SMILES string of the molecule is Cc1cc(C)c(C)c(OCc2nc(CN(CCN3CCOCC3)C(=O)CC(C)C)cs2)c1. The van der Waals surface area contributed by atoms with Gasteiger partial charge in [-0.15, -0.1) is 11.3 Å². The van der Waals surface area contributed by atoms with Crippen molar-refractivity contribution >= 4 is 17.2 Å². The molecule has 0 unspecified atom stereocenters. The molecule has 0 aliphatic carbocycles. The summed E-state index contributed by atoms with van der Waals surface area (Å²) in [5.41, 5.74) is 4.53. The van der Waals surface area contributed by atoms with Crippen molar-refractivity contribution in [3.8, 4) is 5.75 Å². The molecule has 6 nitrogen and oxygen atoms in total. The number of carbonyl (C=O) groups is 1. The van der Waals surface area contributed by atoms with Crippen molar-refractivity contribution in [2.75, 3.05) is 39.4 Å². The van der Waals surface area contributed by atoms with Crippen LogP contribution in [0.3, 0.4) is 0 Å². The minimum Gasteiger partial charge on any atom is -0.486 e.